The third-order valence-electron chi connectivity index (χ3n) is 3.66. The Hall–Kier alpha value is -0.570. The lowest BCUT2D eigenvalue weighted by molar-refractivity contribution is -0.122. The zero-order chi connectivity index (χ0) is 12.9. The summed E-state index contributed by atoms with van der Waals surface area (Å²) in [5, 5.41) is 6.44. The van der Waals surface area contributed by atoms with E-state index in [9.17, 15) is 4.79 Å². The molecule has 0 aromatic rings. The molecule has 1 rings (SSSR count). The van der Waals surface area contributed by atoms with Gasteiger partial charge in [0.25, 0.3) is 0 Å². The molecular weight excluding hydrogens is 212 g/mol. The van der Waals surface area contributed by atoms with E-state index in [1.165, 1.54) is 12.8 Å². The minimum atomic E-state index is 0.193. The molecule has 17 heavy (non-hydrogen) atoms. The second-order valence-corrected chi connectivity index (χ2v) is 6.40. The summed E-state index contributed by atoms with van der Waals surface area (Å²) >= 11 is 0. The van der Waals surface area contributed by atoms with Crippen molar-refractivity contribution in [1.82, 2.24) is 10.6 Å². The lowest BCUT2D eigenvalue weighted by Crippen LogP contribution is -2.31. The number of nitrogens with one attached hydrogen (secondary N) is 2. The molecule has 0 radical (unpaired) electrons. The van der Waals surface area contributed by atoms with Crippen molar-refractivity contribution in [2.45, 2.75) is 59.4 Å². The van der Waals surface area contributed by atoms with Crippen LogP contribution in [0, 0.1) is 11.3 Å². The predicted molar refractivity (Wildman–Crippen MR) is 71.9 cm³/mol. The van der Waals surface area contributed by atoms with Gasteiger partial charge in [-0.2, -0.15) is 0 Å². The fraction of sp³-hybridized carbons (Fsp3) is 0.929. The predicted octanol–water partition coefficient (Wildman–Crippen LogP) is 2.32. The van der Waals surface area contributed by atoms with Crippen LogP contribution in [0.3, 0.4) is 0 Å². The van der Waals surface area contributed by atoms with Crippen LogP contribution in [0.15, 0.2) is 0 Å². The Kier molecular flexibility index (Phi) is 5.44. The first-order valence-corrected chi connectivity index (χ1v) is 6.89. The van der Waals surface area contributed by atoms with Gasteiger partial charge in [0.2, 0.25) is 5.91 Å². The van der Waals surface area contributed by atoms with Crippen molar-refractivity contribution in [2.75, 3.05) is 13.1 Å². The van der Waals surface area contributed by atoms with Crippen LogP contribution in [0.25, 0.3) is 0 Å². The van der Waals surface area contributed by atoms with Crippen molar-refractivity contribution in [3.05, 3.63) is 0 Å². The van der Waals surface area contributed by atoms with E-state index in [2.05, 4.69) is 38.3 Å². The number of rotatable bonds is 7. The summed E-state index contributed by atoms with van der Waals surface area (Å²) in [7, 11) is 0. The molecule has 1 fully saturated rings. The Labute approximate surface area is 106 Å². The molecule has 0 spiro atoms. The molecule has 1 unspecified atom stereocenters. The SMILES string of the molecule is CC(CC(=O)NCCCNC1CC1)C(C)(C)C. The number of hydrogen-bond acceptors (Lipinski definition) is 2. The molecule has 1 amide bonds. The van der Waals surface area contributed by atoms with Crippen molar-refractivity contribution in [3.63, 3.8) is 0 Å². The summed E-state index contributed by atoms with van der Waals surface area (Å²) in [4.78, 5) is 11.7. The molecule has 1 atom stereocenters. The van der Waals surface area contributed by atoms with Gasteiger partial charge in [-0.1, -0.05) is 27.7 Å². The first kappa shape index (κ1) is 14.5. The third-order valence-corrected chi connectivity index (χ3v) is 3.66. The fourth-order valence-electron chi connectivity index (χ4n) is 1.57. The van der Waals surface area contributed by atoms with Gasteiger partial charge in [-0.05, 0) is 37.1 Å². The molecule has 0 saturated heterocycles. The highest BCUT2D eigenvalue weighted by atomic mass is 16.1. The van der Waals surface area contributed by atoms with Crippen molar-refractivity contribution in [1.29, 1.82) is 0 Å². The Morgan fingerprint density at radius 2 is 1.94 bits per heavy atom. The fourth-order valence-corrected chi connectivity index (χ4v) is 1.57. The van der Waals surface area contributed by atoms with Crippen LogP contribution in [0.4, 0.5) is 0 Å². The first-order valence-electron chi connectivity index (χ1n) is 6.89. The van der Waals surface area contributed by atoms with E-state index in [0.29, 0.717) is 12.3 Å². The quantitative estimate of drug-likeness (QED) is 0.671. The summed E-state index contributed by atoms with van der Waals surface area (Å²) in [5.41, 5.74) is 0.213. The molecule has 2 N–H and O–H groups in total. The van der Waals surface area contributed by atoms with Crippen molar-refractivity contribution < 1.29 is 4.79 Å². The summed E-state index contributed by atoms with van der Waals surface area (Å²) in [6, 6.07) is 0.770. The van der Waals surface area contributed by atoms with E-state index in [1.54, 1.807) is 0 Å². The standard InChI is InChI=1S/C14H28N2O/c1-11(14(2,3)4)10-13(17)16-9-5-8-15-12-6-7-12/h11-12,15H,5-10H2,1-4H3,(H,16,17). The van der Waals surface area contributed by atoms with Crippen molar-refractivity contribution in [3.8, 4) is 0 Å². The smallest absolute Gasteiger partial charge is 0.220 e. The molecule has 0 aliphatic heterocycles. The van der Waals surface area contributed by atoms with E-state index in [4.69, 9.17) is 0 Å². The van der Waals surface area contributed by atoms with Crippen molar-refractivity contribution >= 4 is 5.91 Å². The number of hydrogen-bond donors (Lipinski definition) is 2. The molecule has 1 saturated carbocycles. The average molecular weight is 240 g/mol. The highest BCUT2D eigenvalue weighted by Crippen LogP contribution is 2.27. The maximum atomic E-state index is 11.7. The van der Waals surface area contributed by atoms with Gasteiger partial charge in [-0.3, -0.25) is 4.79 Å². The van der Waals surface area contributed by atoms with Gasteiger partial charge >= 0.3 is 0 Å². The normalized spacial score (nSPS) is 17.9. The second kappa shape index (κ2) is 6.39. The van der Waals surface area contributed by atoms with Crippen LogP contribution in [0.5, 0.6) is 0 Å². The molecule has 0 aromatic heterocycles. The second-order valence-electron chi connectivity index (χ2n) is 6.40. The largest absolute Gasteiger partial charge is 0.356 e. The summed E-state index contributed by atoms with van der Waals surface area (Å²) in [5.74, 6) is 0.617. The Balaban J connectivity index is 1.99. The molecule has 1 aliphatic rings. The number of carbonyl (C=O) groups excluding carboxylic acids is 1. The van der Waals surface area contributed by atoms with Crippen LogP contribution in [-0.2, 0) is 4.79 Å². The molecule has 0 heterocycles. The monoisotopic (exact) mass is 240 g/mol. The number of carbonyl (C=O) groups is 1. The maximum absolute atomic E-state index is 11.7. The Bertz CT molecular complexity index is 241. The zero-order valence-corrected chi connectivity index (χ0v) is 11.8. The minimum absolute atomic E-state index is 0.193. The van der Waals surface area contributed by atoms with E-state index < -0.39 is 0 Å². The van der Waals surface area contributed by atoms with Gasteiger partial charge in [0.1, 0.15) is 0 Å². The van der Waals surface area contributed by atoms with Gasteiger partial charge < -0.3 is 10.6 Å². The lowest BCUT2D eigenvalue weighted by Gasteiger charge is -2.26. The van der Waals surface area contributed by atoms with Gasteiger partial charge in [0, 0.05) is 19.0 Å². The van der Waals surface area contributed by atoms with Crippen molar-refractivity contribution in [2.24, 2.45) is 11.3 Å². The molecule has 3 heteroatoms. The summed E-state index contributed by atoms with van der Waals surface area (Å²) in [6.07, 6.45) is 4.33. The van der Waals surface area contributed by atoms with Crippen LogP contribution in [-0.4, -0.2) is 25.0 Å². The first-order chi connectivity index (χ1) is 7.89. The third kappa shape index (κ3) is 6.67. The number of amides is 1. The zero-order valence-electron chi connectivity index (χ0n) is 11.8. The molecule has 0 aromatic carbocycles. The molecule has 1 aliphatic carbocycles. The Morgan fingerprint density at radius 1 is 1.29 bits per heavy atom. The van der Waals surface area contributed by atoms with Gasteiger partial charge in [-0.25, -0.2) is 0 Å². The molecule has 100 valence electrons. The van der Waals surface area contributed by atoms with E-state index >= 15 is 0 Å². The summed E-state index contributed by atoms with van der Waals surface area (Å²) in [6.45, 7) is 10.5. The highest BCUT2D eigenvalue weighted by molar-refractivity contribution is 5.76. The van der Waals surface area contributed by atoms with E-state index in [0.717, 1.165) is 25.6 Å². The highest BCUT2D eigenvalue weighted by Gasteiger charge is 2.22. The lowest BCUT2D eigenvalue weighted by atomic mass is 9.80. The van der Waals surface area contributed by atoms with Crippen LogP contribution in [0.1, 0.15) is 53.4 Å². The molecule has 3 nitrogen and oxygen atoms in total. The van der Waals surface area contributed by atoms with Gasteiger partial charge in [-0.15, -0.1) is 0 Å². The van der Waals surface area contributed by atoms with Crippen LogP contribution < -0.4 is 10.6 Å². The van der Waals surface area contributed by atoms with Crippen LogP contribution in [0.2, 0.25) is 0 Å². The Morgan fingerprint density at radius 3 is 2.47 bits per heavy atom. The van der Waals surface area contributed by atoms with Gasteiger partial charge in [0.05, 0.1) is 0 Å². The molecule has 0 bridgehead atoms. The van der Waals surface area contributed by atoms with E-state index in [1.807, 2.05) is 0 Å². The molecular formula is C14H28N2O. The summed E-state index contributed by atoms with van der Waals surface area (Å²) < 4.78 is 0. The van der Waals surface area contributed by atoms with E-state index in [-0.39, 0.29) is 11.3 Å². The average Bonchev–Trinajstić information content (AvgIpc) is 2.99. The topological polar surface area (TPSA) is 41.1 Å². The van der Waals surface area contributed by atoms with Crippen LogP contribution >= 0.6 is 0 Å². The minimum Gasteiger partial charge on any atom is -0.356 e. The van der Waals surface area contributed by atoms with Gasteiger partial charge in [0.15, 0.2) is 0 Å². The maximum Gasteiger partial charge on any atom is 0.220 e.